The third-order valence-electron chi connectivity index (χ3n) is 4.92. The molecule has 1 aromatic carbocycles. The number of anilines is 1. The number of nitrogens with one attached hydrogen (secondary N) is 1. The molecule has 27 heavy (non-hydrogen) atoms. The van der Waals surface area contributed by atoms with E-state index in [4.69, 9.17) is 0 Å². The minimum atomic E-state index is -0.276. The van der Waals surface area contributed by atoms with Gasteiger partial charge in [0.1, 0.15) is 5.82 Å². The molecule has 1 amide bonds. The van der Waals surface area contributed by atoms with Crippen molar-refractivity contribution >= 4 is 33.8 Å². The molecule has 1 fully saturated rings. The lowest BCUT2D eigenvalue weighted by molar-refractivity contribution is -0.125. The molecule has 0 aliphatic carbocycles. The minimum absolute atomic E-state index is 0.0508. The quantitative estimate of drug-likeness (QED) is 0.746. The van der Waals surface area contributed by atoms with Crippen molar-refractivity contribution in [3.05, 3.63) is 52.4 Å². The van der Waals surface area contributed by atoms with E-state index in [-0.39, 0.29) is 17.6 Å². The van der Waals surface area contributed by atoms with Gasteiger partial charge in [-0.1, -0.05) is 0 Å². The third-order valence-corrected chi connectivity index (χ3v) is 5.75. The Morgan fingerprint density at radius 3 is 3.11 bits per heavy atom. The molecule has 0 saturated carbocycles. The predicted molar refractivity (Wildman–Crippen MR) is 105 cm³/mol. The van der Waals surface area contributed by atoms with Crippen LogP contribution in [0.25, 0.3) is 10.9 Å². The molecule has 4 rings (SSSR count). The Hall–Kier alpha value is -2.54. The Bertz CT molecular complexity index is 974. The fraction of sp³-hybridized carbons (Fsp3) is 0.350. The number of hydrogen-bond donors (Lipinski definition) is 1. The summed E-state index contributed by atoms with van der Waals surface area (Å²) in [6.45, 7) is 3.89. The van der Waals surface area contributed by atoms with Gasteiger partial charge >= 0.3 is 0 Å². The topological polar surface area (TPSA) is 58.1 Å². The molecule has 3 heterocycles. The number of benzene rings is 1. The summed E-state index contributed by atoms with van der Waals surface area (Å²) in [7, 11) is 0. The van der Waals surface area contributed by atoms with Crippen LogP contribution in [0.2, 0.25) is 0 Å². The first-order valence-corrected chi connectivity index (χ1v) is 9.96. The van der Waals surface area contributed by atoms with Gasteiger partial charge in [0.25, 0.3) is 0 Å². The van der Waals surface area contributed by atoms with Gasteiger partial charge in [-0.3, -0.25) is 9.78 Å². The van der Waals surface area contributed by atoms with Crippen molar-refractivity contribution in [2.75, 3.05) is 18.0 Å². The zero-order valence-corrected chi connectivity index (χ0v) is 15.9. The number of pyridine rings is 1. The average Bonchev–Trinajstić information content (AvgIpc) is 3.11. The number of hydrogen-bond acceptors (Lipinski definition) is 5. The van der Waals surface area contributed by atoms with Crippen LogP contribution in [0, 0.1) is 18.7 Å². The summed E-state index contributed by atoms with van der Waals surface area (Å²) in [5.41, 5.74) is 2.60. The molecular formula is C20H21FN4OS. The van der Waals surface area contributed by atoms with Crippen molar-refractivity contribution in [3.8, 4) is 0 Å². The third kappa shape index (κ3) is 3.93. The first kappa shape index (κ1) is 17.9. The number of fused-ring (bicyclic) bond motifs is 1. The van der Waals surface area contributed by atoms with Gasteiger partial charge < -0.3 is 10.2 Å². The predicted octanol–water partition coefficient (Wildman–Crippen LogP) is 3.67. The molecule has 2 aromatic heterocycles. The zero-order valence-electron chi connectivity index (χ0n) is 15.1. The van der Waals surface area contributed by atoms with E-state index >= 15 is 0 Å². The van der Waals surface area contributed by atoms with Crippen molar-refractivity contribution in [2.24, 2.45) is 5.92 Å². The van der Waals surface area contributed by atoms with Crippen LogP contribution in [-0.2, 0) is 11.3 Å². The van der Waals surface area contributed by atoms with Crippen LogP contribution in [0.5, 0.6) is 0 Å². The lowest BCUT2D eigenvalue weighted by Gasteiger charge is -2.34. The fourth-order valence-corrected chi connectivity index (χ4v) is 4.21. The standard InChI is InChI=1S/C20H21FN4OS/c1-13-24-16(12-27-13)10-23-20(26)14-3-2-8-25(11-14)19-6-7-22-18-5-4-15(21)9-17(18)19/h4-7,9,12,14H,2-3,8,10-11H2,1H3,(H,23,26). The van der Waals surface area contributed by atoms with Crippen LogP contribution in [-0.4, -0.2) is 29.0 Å². The first-order valence-electron chi connectivity index (χ1n) is 9.08. The van der Waals surface area contributed by atoms with Crippen LogP contribution in [0.15, 0.2) is 35.8 Å². The molecule has 1 atom stereocenters. The molecule has 7 heteroatoms. The number of aryl methyl sites for hydroxylation is 1. The monoisotopic (exact) mass is 384 g/mol. The molecule has 1 aliphatic rings. The number of carbonyl (C=O) groups excluding carboxylic acids is 1. The largest absolute Gasteiger partial charge is 0.370 e. The van der Waals surface area contributed by atoms with Crippen LogP contribution in [0.1, 0.15) is 23.5 Å². The van der Waals surface area contributed by atoms with Crippen LogP contribution < -0.4 is 10.2 Å². The highest BCUT2D eigenvalue weighted by molar-refractivity contribution is 7.09. The van der Waals surface area contributed by atoms with Gasteiger partial charge in [-0.15, -0.1) is 11.3 Å². The van der Waals surface area contributed by atoms with E-state index in [0.29, 0.717) is 13.1 Å². The minimum Gasteiger partial charge on any atom is -0.370 e. The SMILES string of the molecule is Cc1nc(CNC(=O)C2CCCN(c3ccnc4ccc(F)cc34)C2)cs1. The van der Waals surface area contributed by atoms with Crippen molar-refractivity contribution < 1.29 is 9.18 Å². The fourth-order valence-electron chi connectivity index (χ4n) is 3.60. The number of halogens is 1. The molecule has 3 aromatic rings. The molecule has 5 nitrogen and oxygen atoms in total. The van der Waals surface area contributed by atoms with Crippen LogP contribution >= 0.6 is 11.3 Å². The number of carbonyl (C=O) groups is 1. The van der Waals surface area contributed by atoms with Crippen molar-refractivity contribution in [2.45, 2.75) is 26.3 Å². The van der Waals surface area contributed by atoms with E-state index in [2.05, 4.69) is 20.2 Å². The average molecular weight is 384 g/mol. The van der Waals surface area contributed by atoms with Gasteiger partial charge in [-0.2, -0.15) is 0 Å². The lowest BCUT2D eigenvalue weighted by atomic mass is 9.96. The molecule has 0 bridgehead atoms. The Morgan fingerprint density at radius 1 is 1.41 bits per heavy atom. The Labute approximate surface area is 161 Å². The van der Waals surface area contributed by atoms with Crippen molar-refractivity contribution in [1.29, 1.82) is 0 Å². The summed E-state index contributed by atoms with van der Waals surface area (Å²) in [6, 6.07) is 6.54. The number of rotatable bonds is 4. The maximum atomic E-state index is 13.7. The number of thiazole rings is 1. The van der Waals surface area contributed by atoms with E-state index in [1.807, 2.05) is 18.4 Å². The highest BCUT2D eigenvalue weighted by Crippen LogP contribution is 2.30. The number of amides is 1. The molecule has 1 saturated heterocycles. The molecule has 1 aliphatic heterocycles. The van der Waals surface area contributed by atoms with E-state index in [9.17, 15) is 9.18 Å². The first-order chi connectivity index (χ1) is 13.1. The van der Waals surface area contributed by atoms with Gasteiger partial charge in [0, 0.05) is 35.7 Å². The van der Waals surface area contributed by atoms with Crippen molar-refractivity contribution in [3.63, 3.8) is 0 Å². The maximum Gasteiger partial charge on any atom is 0.225 e. The summed E-state index contributed by atoms with van der Waals surface area (Å²) in [4.78, 5) is 23.5. The van der Waals surface area contributed by atoms with E-state index in [1.54, 1.807) is 23.6 Å². The van der Waals surface area contributed by atoms with Gasteiger partial charge in [0.15, 0.2) is 0 Å². The molecule has 140 valence electrons. The van der Waals surface area contributed by atoms with Crippen LogP contribution in [0.4, 0.5) is 10.1 Å². The second-order valence-electron chi connectivity index (χ2n) is 6.85. The van der Waals surface area contributed by atoms with Crippen molar-refractivity contribution in [1.82, 2.24) is 15.3 Å². The molecule has 1 unspecified atom stereocenters. The summed E-state index contributed by atoms with van der Waals surface area (Å²) in [5, 5.41) is 6.77. The Morgan fingerprint density at radius 2 is 2.30 bits per heavy atom. The molecule has 0 radical (unpaired) electrons. The number of piperidine rings is 1. The van der Waals surface area contributed by atoms with Gasteiger partial charge in [-0.05, 0) is 44.0 Å². The van der Waals surface area contributed by atoms with E-state index in [0.717, 1.165) is 46.7 Å². The smallest absolute Gasteiger partial charge is 0.225 e. The van der Waals surface area contributed by atoms with E-state index < -0.39 is 0 Å². The summed E-state index contributed by atoms with van der Waals surface area (Å²) < 4.78 is 13.7. The zero-order chi connectivity index (χ0) is 18.8. The molecule has 0 spiro atoms. The Kier molecular flexibility index (Phi) is 5.03. The van der Waals surface area contributed by atoms with E-state index in [1.165, 1.54) is 12.1 Å². The van der Waals surface area contributed by atoms with Gasteiger partial charge in [0.05, 0.1) is 28.7 Å². The maximum absolute atomic E-state index is 13.7. The second-order valence-corrected chi connectivity index (χ2v) is 7.91. The summed E-state index contributed by atoms with van der Waals surface area (Å²) in [5.74, 6) is -0.313. The highest BCUT2D eigenvalue weighted by Gasteiger charge is 2.26. The normalized spacial score (nSPS) is 17.3. The molecule has 1 N–H and O–H groups in total. The number of aromatic nitrogens is 2. The van der Waals surface area contributed by atoms with Crippen LogP contribution in [0.3, 0.4) is 0 Å². The second kappa shape index (κ2) is 7.60. The number of nitrogens with zero attached hydrogens (tertiary/aromatic N) is 3. The summed E-state index contributed by atoms with van der Waals surface area (Å²) in [6.07, 6.45) is 3.52. The summed E-state index contributed by atoms with van der Waals surface area (Å²) >= 11 is 1.58. The molecular weight excluding hydrogens is 363 g/mol. The Balaban J connectivity index is 1.48. The van der Waals surface area contributed by atoms with Gasteiger partial charge in [0.2, 0.25) is 5.91 Å². The highest BCUT2D eigenvalue weighted by atomic mass is 32.1. The lowest BCUT2D eigenvalue weighted by Crippen LogP contribution is -2.43. The van der Waals surface area contributed by atoms with Gasteiger partial charge in [-0.25, -0.2) is 9.37 Å².